The average molecular weight is 675 g/mol. The number of anilines is 1. The Hall–Kier alpha value is -3.89. The predicted molar refractivity (Wildman–Crippen MR) is 173 cm³/mol. The van der Waals surface area contributed by atoms with Gasteiger partial charge in [0.15, 0.2) is 0 Å². The van der Waals surface area contributed by atoms with Crippen molar-refractivity contribution in [3.05, 3.63) is 63.7 Å². The molecular weight excluding hydrogens is 628 g/mol. The topological polar surface area (TPSA) is 164 Å². The number of aliphatic hydroxyl groups is 1. The first-order valence-electron chi connectivity index (χ1n) is 16.4. The first kappa shape index (κ1) is 35.4. The molecule has 0 bridgehead atoms. The molecule has 4 unspecified atom stereocenters. The number of β-amino-alcohol motifs (C(OH)–C–C–N with tert-alkyl or cyclic N) is 1. The Morgan fingerprint density at radius 3 is 2.71 bits per heavy atom. The van der Waals surface area contributed by atoms with E-state index in [9.17, 15) is 20.0 Å². The summed E-state index contributed by atoms with van der Waals surface area (Å²) in [5.41, 5.74) is 2.83. The molecule has 48 heavy (non-hydrogen) atoms. The number of hydrogen-bond acceptors (Lipinski definition) is 13. The number of carbonyl (C=O) groups is 1. The van der Waals surface area contributed by atoms with Gasteiger partial charge in [0, 0.05) is 32.7 Å². The monoisotopic (exact) mass is 674 g/mol. The minimum absolute atomic E-state index is 0.0142. The fraction of sp³-hybridized carbons (Fsp3) is 0.606. The molecule has 3 aliphatic heterocycles. The van der Waals surface area contributed by atoms with Crippen LogP contribution in [0.15, 0.2) is 42.5 Å². The number of hydrogen-bond donors (Lipinski definition) is 2. The third-order valence-corrected chi connectivity index (χ3v) is 8.56. The fourth-order valence-corrected chi connectivity index (χ4v) is 6.22. The summed E-state index contributed by atoms with van der Waals surface area (Å²) in [6.07, 6.45) is -0.110. The third kappa shape index (κ3) is 10.1. The van der Waals surface area contributed by atoms with E-state index in [2.05, 4.69) is 21.1 Å². The zero-order valence-corrected chi connectivity index (χ0v) is 27.3. The smallest absolute Gasteiger partial charge is 0.410 e. The molecule has 2 N–H and O–H groups in total. The summed E-state index contributed by atoms with van der Waals surface area (Å²) in [6, 6.07) is 13.7. The lowest BCUT2D eigenvalue weighted by Gasteiger charge is -2.41. The molecule has 2 aromatic carbocycles. The van der Waals surface area contributed by atoms with Crippen LogP contribution in [0.5, 0.6) is 11.5 Å². The molecule has 1 amide bonds. The largest absolute Gasteiger partial charge is 0.490 e. The number of aliphatic hydroxyl groups excluding tert-OH is 1. The Bertz CT molecular complexity index is 1310. The minimum atomic E-state index is -0.925. The van der Waals surface area contributed by atoms with Crippen molar-refractivity contribution in [3.8, 4) is 11.5 Å². The minimum Gasteiger partial charge on any atom is -0.490 e. The second-order valence-electron chi connectivity index (χ2n) is 11.9. The van der Waals surface area contributed by atoms with Crippen molar-refractivity contribution in [3.63, 3.8) is 0 Å². The van der Waals surface area contributed by atoms with Crippen molar-refractivity contribution in [2.45, 2.75) is 43.7 Å². The Kier molecular flexibility index (Phi) is 13.3. The van der Waals surface area contributed by atoms with Crippen LogP contribution in [0, 0.1) is 10.1 Å². The molecule has 2 saturated heterocycles. The first-order valence-corrected chi connectivity index (χ1v) is 16.4. The number of nitrogens with zero attached hydrogens (tertiary/aromatic N) is 3. The lowest BCUT2D eigenvalue weighted by atomic mass is 9.84. The highest BCUT2D eigenvalue weighted by atomic mass is 17.0. The van der Waals surface area contributed by atoms with Crippen molar-refractivity contribution in [1.82, 2.24) is 10.2 Å². The highest BCUT2D eigenvalue weighted by molar-refractivity contribution is 5.68. The Balaban J connectivity index is 1.25. The quantitative estimate of drug-likeness (QED) is 0.143. The molecule has 4 atom stereocenters. The van der Waals surface area contributed by atoms with E-state index in [0.717, 1.165) is 67.3 Å². The zero-order valence-electron chi connectivity index (χ0n) is 27.3. The number of piperidine rings is 1. The molecule has 264 valence electrons. The van der Waals surface area contributed by atoms with Gasteiger partial charge in [0.1, 0.15) is 37.4 Å². The summed E-state index contributed by atoms with van der Waals surface area (Å²) in [5, 5.41) is 24.1. The summed E-state index contributed by atoms with van der Waals surface area (Å²) in [6.45, 7) is 4.93. The van der Waals surface area contributed by atoms with Crippen LogP contribution in [0.1, 0.15) is 29.9 Å². The fourth-order valence-electron chi connectivity index (χ4n) is 6.22. The summed E-state index contributed by atoms with van der Waals surface area (Å²) in [5.74, 6) is 1.18. The highest BCUT2D eigenvalue weighted by Gasteiger charge is 2.40. The molecule has 5 rings (SSSR count). The number of nitrogens with one attached hydrogen (secondary N) is 1. The van der Waals surface area contributed by atoms with Crippen LogP contribution in [0.2, 0.25) is 0 Å². The zero-order chi connectivity index (χ0) is 33.7. The van der Waals surface area contributed by atoms with E-state index in [0.29, 0.717) is 13.2 Å². The van der Waals surface area contributed by atoms with Gasteiger partial charge in [0.25, 0.3) is 5.09 Å². The number of methoxy groups -OCH3 is 1. The second-order valence-corrected chi connectivity index (χ2v) is 11.9. The molecule has 2 aromatic rings. The van der Waals surface area contributed by atoms with Crippen LogP contribution < -0.4 is 19.7 Å². The van der Waals surface area contributed by atoms with E-state index in [1.54, 1.807) is 7.11 Å². The van der Waals surface area contributed by atoms with Gasteiger partial charge in [-0.15, -0.1) is 10.1 Å². The van der Waals surface area contributed by atoms with Crippen molar-refractivity contribution >= 4 is 11.8 Å². The van der Waals surface area contributed by atoms with E-state index in [-0.39, 0.29) is 52.2 Å². The summed E-state index contributed by atoms with van der Waals surface area (Å²) >= 11 is 0. The van der Waals surface area contributed by atoms with Gasteiger partial charge in [-0.2, -0.15) is 0 Å². The third-order valence-electron chi connectivity index (χ3n) is 8.56. The molecule has 0 spiro atoms. The number of ether oxygens (including phenoxy) is 6. The van der Waals surface area contributed by atoms with Crippen LogP contribution in [-0.2, 0) is 30.4 Å². The van der Waals surface area contributed by atoms with Crippen molar-refractivity contribution in [1.29, 1.82) is 0 Å². The molecule has 15 nitrogen and oxygen atoms in total. The van der Waals surface area contributed by atoms with E-state index >= 15 is 0 Å². The van der Waals surface area contributed by atoms with E-state index in [1.165, 1.54) is 4.90 Å². The number of benzene rings is 2. The first-order chi connectivity index (χ1) is 23.4. The normalized spacial score (nSPS) is 22.1. The van der Waals surface area contributed by atoms with Crippen LogP contribution >= 0.6 is 0 Å². The van der Waals surface area contributed by atoms with Gasteiger partial charge in [-0.3, -0.25) is 0 Å². The van der Waals surface area contributed by atoms with Crippen LogP contribution in [0.25, 0.3) is 0 Å². The maximum Gasteiger partial charge on any atom is 0.410 e. The molecule has 0 aliphatic carbocycles. The van der Waals surface area contributed by atoms with E-state index < -0.39 is 29.3 Å². The number of fused-ring (bicyclic) bond motifs is 1. The Morgan fingerprint density at radius 2 is 1.94 bits per heavy atom. The lowest BCUT2D eigenvalue weighted by Crippen LogP contribution is -2.53. The maximum atomic E-state index is 13.0. The van der Waals surface area contributed by atoms with Crippen molar-refractivity contribution < 1.29 is 48.2 Å². The summed E-state index contributed by atoms with van der Waals surface area (Å²) in [7, 11) is 1.70. The number of likely N-dealkylation sites (tertiary alicyclic amines) is 1. The molecule has 3 aliphatic rings. The van der Waals surface area contributed by atoms with Gasteiger partial charge < -0.3 is 53.5 Å². The highest BCUT2D eigenvalue weighted by Crippen LogP contribution is 2.35. The second kappa shape index (κ2) is 18.0. The number of amides is 1. The molecular formula is C33H46N4O11. The maximum absolute atomic E-state index is 13.0. The van der Waals surface area contributed by atoms with Gasteiger partial charge in [0.05, 0.1) is 57.4 Å². The van der Waals surface area contributed by atoms with Gasteiger partial charge in [-0.1, -0.05) is 18.2 Å². The van der Waals surface area contributed by atoms with Crippen molar-refractivity contribution in [2.75, 3.05) is 90.9 Å². The Labute approximate surface area is 280 Å². The lowest BCUT2D eigenvalue weighted by molar-refractivity contribution is -0.758. The number of carbonyl (C=O) groups excluding carboxylic acids is 1. The van der Waals surface area contributed by atoms with E-state index in [1.807, 2.05) is 36.4 Å². The van der Waals surface area contributed by atoms with Crippen molar-refractivity contribution in [2.24, 2.45) is 0 Å². The number of rotatable bonds is 17. The standard InChI is InChI=1S/C33H46N4O11/c1-42-13-2-11-35-12-14-44-30-8-3-24(19-28(30)35)23-46-31-22-36(33(39)45-17-15-43-16-18-47-37(40)41)21-29(38)32(31)25-4-6-26(7-5-25)48-27-9-10-34-20-27/h3-8,19,27,29,31-32,34,38H,2,9-18,20-23H2,1H3. The van der Waals surface area contributed by atoms with Crippen LogP contribution in [0.4, 0.5) is 10.5 Å². The van der Waals surface area contributed by atoms with Crippen LogP contribution in [-0.4, -0.2) is 126 Å². The van der Waals surface area contributed by atoms with E-state index in [4.69, 9.17) is 28.4 Å². The van der Waals surface area contributed by atoms with Gasteiger partial charge in [-0.25, -0.2) is 4.79 Å². The Morgan fingerprint density at radius 1 is 1.10 bits per heavy atom. The molecule has 2 fully saturated rings. The molecule has 0 aromatic heterocycles. The summed E-state index contributed by atoms with van der Waals surface area (Å²) in [4.78, 5) is 31.2. The predicted octanol–water partition coefficient (Wildman–Crippen LogP) is 2.37. The van der Waals surface area contributed by atoms with Gasteiger partial charge in [0.2, 0.25) is 0 Å². The average Bonchev–Trinajstić information content (AvgIpc) is 3.60. The molecule has 3 heterocycles. The van der Waals surface area contributed by atoms with Gasteiger partial charge >= 0.3 is 6.09 Å². The SMILES string of the molecule is COCCCN1CCOc2ccc(COC3CN(C(=O)OCCOCCO[N+](=O)[O-])CC(O)C3c3ccc(OC4CCNC4)cc3)cc21. The molecule has 0 saturated carbocycles. The van der Waals surface area contributed by atoms with Gasteiger partial charge in [-0.05, 0) is 54.8 Å². The summed E-state index contributed by atoms with van der Waals surface area (Å²) < 4.78 is 34.3. The molecule has 0 radical (unpaired) electrons. The van der Waals surface area contributed by atoms with Crippen LogP contribution in [0.3, 0.4) is 0 Å². The molecule has 15 heteroatoms.